The smallest absolute Gasteiger partial charge is 0.253 e. The molecule has 0 atom stereocenters. The fraction of sp³-hybridized carbons (Fsp3) is 0.636. The van der Waals surface area contributed by atoms with E-state index in [2.05, 4.69) is 0 Å². The van der Waals surface area contributed by atoms with E-state index in [0.717, 1.165) is 36.9 Å². The zero-order chi connectivity index (χ0) is 19.3. The van der Waals surface area contributed by atoms with E-state index in [0.29, 0.717) is 32.6 Å². The Balaban J connectivity index is 0.00000280. The van der Waals surface area contributed by atoms with Gasteiger partial charge in [-0.25, -0.2) is 0 Å². The summed E-state index contributed by atoms with van der Waals surface area (Å²) in [5, 5.41) is 0. The monoisotopic (exact) mass is 407 g/mol. The molecule has 0 spiro atoms. The van der Waals surface area contributed by atoms with Gasteiger partial charge in [0.25, 0.3) is 5.91 Å². The molecule has 5 nitrogen and oxygen atoms in total. The molecule has 28 heavy (non-hydrogen) atoms. The van der Waals surface area contributed by atoms with Gasteiger partial charge in [0, 0.05) is 38.2 Å². The third-order valence-electron chi connectivity index (χ3n) is 6.27. The number of carbonyl (C=O) groups is 2. The van der Waals surface area contributed by atoms with Crippen LogP contribution in [0.4, 0.5) is 0 Å². The van der Waals surface area contributed by atoms with Gasteiger partial charge in [0.1, 0.15) is 0 Å². The van der Waals surface area contributed by atoms with Gasteiger partial charge in [0.05, 0.1) is 0 Å². The molecule has 1 aliphatic carbocycles. The Labute approximate surface area is 175 Å². The van der Waals surface area contributed by atoms with E-state index in [1.165, 1.54) is 19.3 Å². The molecule has 1 aromatic carbocycles. The quantitative estimate of drug-likeness (QED) is 0.831. The van der Waals surface area contributed by atoms with Crippen LogP contribution in [0.1, 0.15) is 60.9 Å². The lowest BCUT2D eigenvalue weighted by Crippen LogP contribution is -2.42. The van der Waals surface area contributed by atoms with Gasteiger partial charge in [-0.3, -0.25) is 9.59 Å². The SMILES string of the molecule is Cc1cccc(C(=O)N2CCCN(C(=O)CC3(CN)CCCCC3)CC2)c1.Cl. The van der Waals surface area contributed by atoms with Gasteiger partial charge in [-0.2, -0.15) is 0 Å². The number of hydrogen-bond acceptors (Lipinski definition) is 3. The van der Waals surface area contributed by atoms with Gasteiger partial charge < -0.3 is 15.5 Å². The highest BCUT2D eigenvalue weighted by atomic mass is 35.5. The minimum Gasteiger partial charge on any atom is -0.341 e. The summed E-state index contributed by atoms with van der Waals surface area (Å²) in [4.78, 5) is 29.6. The summed E-state index contributed by atoms with van der Waals surface area (Å²) in [6.07, 6.45) is 7.17. The van der Waals surface area contributed by atoms with Crippen molar-refractivity contribution in [2.45, 2.75) is 51.9 Å². The highest BCUT2D eigenvalue weighted by Crippen LogP contribution is 2.38. The van der Waals surface area contributed by atoms with E-state index >= 15 is 0 Å². The predicted molar refractivity (Wildman–Crippen MR) is 115 cm³/mol. The van der Waals surface area contributed by atoms with Crippen LogP contribution >= 0.6 is 12.4 Å². The average molecular weight is 408 g/mol. The molecule has 0 radical (unpaired) electrons. The molecule has 1 saturated heterocycles. The highest BCUT2D eigenvalue weighted by Gasteiger charge is 2.35. The van der Waals surface area contributed by atoms with Crippen LogP contribution in [0, 0.1) is 12.3 Å². The number of nitrogens with two attached hydrogens (primary N) is 1. The number of halogens is 1. The van der Waals surface area contributed by atoms with Gasteiger partial charge in [0.15, 0.2) is 0 Å². The highest BCUT2D eigenvalue weighted by molar-refractivity contribution is 5.94. The molecule has 1 aromatic rings. The Morgan fingerprint density at radius 3 is 2.36 bits per heavy atom. The van der Waals surface area contributed by atoms with E-state index in [1.54, 1.807) is 0 Å². The molecule has 1 aliphatic heterocycles. The first-order valence-electron chi connectivity index (χ1n) is 10.4. The van der Waals surface area contributed by atoms with Crippen molar-refractivity contribution in [3.8, 4) is 0 Å². The van der Waals surface area contributed by atoms with Crippen molar-refractivity contribution in [3.63, 3.8) is 0 Å². The van der Waals surface area contributed by atoms with Crippen LogP contribution in [0.15, 0.2) is 24.3 Å². The van der Waals surface area contributed by atoms with Crippen LogP contribution in [0.5, 0.6) is 0 Å². The summed E-state index contributed by atoms with van der Waals surface area (Å²) in [6, 6.07) is 7.73. The predicted octanol–water partition coefficient (Wildman–Crippen LogP) is 3.39. The molecular formula is C22H34ClN3O2. The van der Waals surface area contributed by atoms with Gasteiger partial charge >= 0.3 is 0 Å². The van der Waals surface area contributed by atoms with E-state index < -0.39 is 0 Å². The molecule has 1 heterocycles. The van der Waals surface area contributed by atoms with Gasteiger partial charge in [0.2, 0.25) is 5.91 Å². The first kappa shape index (κ1) is 22.7. The standard InChI is InChI=1S/C22H33N3O2.ClH/c1-18-7-5-8-19(15-18)21(27)25-12-6-11-24(13-14-25)20(26)16-22(17-23)9-3-2-4-10-22;/h5,7-8,15H,2-4,6,9-14,16-17,23H2,1H3;1H. The fourth-order valence-corrected chi connectivity index (χ4v) is 4.52. The second kappa shape index (κ2) is 10.3. The van der Waals surface area contributed by atoms with Crippen LogP contribution in [-0.4, -0.2) is 54.3 Å². The molecule has 2 aliphatic rings. The maximum absolute atomic E-state index is 12.9. The number of amides is 2. The van der Waals surface area contributed by atoms with Crippen molar-refractivity contribution in [2.24, 2.45) is 11.1 Å². The molecule has 0 bridgehead atoms. The molecule has 3 rings (SSSR count). The third-order valence-corrected chi connectivity index (χ3v) is 6.27. The Hall–Kier alpha value is -1.59. The number of benzene rings is 1. The molecule has 2 amide bonds. The Morgan fingerprint density at radius 1 is 1.00 bits per heavy atom. The fourth-order valence-electron chi connectivity index (χ4n) is 4.52. The molecule has 2 N–H and O–H groups in total. The first-order chi connectivity index (χ1) is 13.0. The maximum atomic E-state index is 12.9. The maximum Gasteiger partial charge on any atom is 0.253 e. The van der Waals surface area contributed by atoms with Crippen molar-refractivity contribution >= 4 is 24.2 Å². The van der Waals surface area contributed by atoms with Gasteiger partial charge in [-0.05, 0) is 50.3 Å². The molecular weight excluding hydrogens is 374 g/mol. The summed E-state index contributed by atoms with van der Waals surface area (Å²) in [5.41, 5.74) is 7.89. The zero-order valence-electron chi connectivity index (χ0n) is 17.0. The third kappa shape index (κ3) is 5.48. The van der Waals surface area contributed by atoms with E-state index in [-0.39, 0.29) is 29.6 Å². The van der Waals surface area contributed by atoms with Gasteiger partial charge in [-0.1, -0.05) is 37.0 Å². The van der Waals surface area contributed by atoms with E-state index in [1.807, 2.05) is 41.0 Å². The van der Waals surface area contributed by atoms with E-state index in [4.69, 9.17) is 5.73 Å². The molecule has 0 aromatic heterocycles. The topological polar surface area (TPSA) is 66.6 Å². The lowest BCUT2D eigenvalue weighted by molar-refractivity contribution is -0.134. The Morgan fingerprint density at radius 2 is 1.68 bits per heavy atom. The Bertz CT molecular complexity index is 674. The lowest BCUT2D eigenvalue weighted by atomic mass is 9.71. The Kier molecular flexibility index (Phi) is 8.32. The van der Waals surface area contributed by atoms with E-state index in [9.17, 15) is 9.59 Å². The molecule has 6 heteroatoms. The van der Waals surface area contributed by atoms with Crippen molar-refractivity contribution in [2.75, 3.05) is 32.7 Å². The minimum absolute atomic E-state index is 0. The van der Waals surface area contributed by atoms with Crippen LogP contribution in [0.2, 0.25) is 0 Å². The molecule has 156 valence electrons. The summed E-state index contributed by atoms with van der Waals surface area (Å²) < 4.78 is 0. The first-order valence-corrected chi connectivity index (χ1v) is 10.4. The largest absolute Gasteiger partial charge is 0.341 e. The summed E-state index contributed by atoms with van der Waals surface area (Å²) >= 11 is 0. The second-order valence-corrected chi connectivity index (χ2v) is 8.34. The number of hydrogen-bond donors (Lipinski definition) is 1. The van der Waals surface area contributed by atoms with Crippen molar-refractivity contribution < 1.29 is 9.59 Å². The van der Waals surface area contributed by atoms with Gasteiger partial charge in [-0.15, -0.1) is 12.4 Å². The number of aryl methyl sites for hydroxylation is 1. The second-order valence-electron chi connectivity index (χ2n) is 8.34. The van der Waals surface area contributed by atoms with Crippen LogP contribution < -0.4 is 5.73 Å². The number of nitrogens with zero attached hydrogens (tertiary/aromatic N) is 2. The number of rotatable bonds is 4. The zero-order valence-corrected chi connectivity index (χ0v) is 17.8. The normalized spacial score (nSPS) is 19.5. The summed E-state index contributed by atoms with van der Waals surface area (Å²) in [6.45, 7) is 5.27. The lowest BCUT2D eigenvalue weighted by Gasteiger charge is -2.37. The summed E-state index contributed by atoms with van der Waals surface area (Å²) in [7, 11) is 0. The van der Waals surface area contributed by atoms with Crippen LogP contribution in [0.25, 0.3) is 0 Å². The minimum atomic E-state index is -0.00128. The molecule has 1 saturated carbocycles. The average Bonchev–Trinajstić information content (AvgIpc) is 2.94. The van der Waals surface area contributed by atoms with Crippen molar-refractivity contribution in [1.82, 2.24) is 9.80 Å². The van der Waals surface area contributed by atoms with Crippen molar-refractivity contribution in [1.29, 1.82) is 0 Å². The molecule has 0 unspecified atom stereocenters. The summed E-state index contributed by atoms with van der Waals surface area (Å²) in [5.74, 6) is 0.283. The number of carbonyl (C=O) groups excluding carboxylic acids is 2. The molecule has 2 fully saturated rings. The van der Waals surface area contributed by atoms with Crippen LogP contribution in [-0.2, 0) is 4.79 Å². The van der Waals surface area contributed by atoms with Crippen molar-refractivity contribution in [3.05, 3.63) is 35.4 Å². The van der Waals surface area contributed by atoms with Crippen LogP contribution in [0.3, 0.4) is 0 Å².